The number of pyridine rings is 1. The molecule has 9 heteroatoms. The number of aromatic nitrogens is 4. The number of carboxylic acid groups (broad SMARTS) is 1. The lowest BCUT2D eigenvalue weighted by atomic mass is 9.96. The zero-order chi connectivity index (χ0) is 28.4. The number of fused-ring (bicyclic) bond motifs is 1. The predicted molar refractivity (Wildman–Crippen MR) is 158 cm³/mol. The van der Waals surface area contributed by atoms with Crippen LogP contribution in [0.4, 0.5) is 10.5 Å². The van der Waals surface area contributed by atoms with E-state index in [0.29, 0.717) is 25.3 Å². The van der Waals surface area contributed by atoms with Crippen molar-refractivity contribution in [2.45, 2.75) is 33.9 Å². The number of hydrogen-bond donors (Lipinski definition) is 4. The maximum atomic E-state index is 11.9. The Morgan fingerprint density at radius 2 is 1.82 bits per heavy atom. The highest BCUT2D eigenvalue weighted by Crippen LogP contribution is 2.37. The fourth-order valence-corrected chi connectivity index (χ4v) is 4.88. The van der Waals surface area contributed by atoms with Crippen LogP contribution in [0, 0.1) is 5.41 Å². The molecule has 0 bridgehead atoms. The van der Waals surface area contributed by atoms with E-state index in [1.54, 1.807) is 6.20 Å². The molecule has 0 unspecified atom stereocenters. The number of rotatable bonds is 8. The number of aliphatic hydroxyl groups is 1. The Labute approximate surface area is 232 Å². The Hall–Kier alpha value is -4.63. The normalized spacial score (nSPS) is 11.7. The highest BCUT2D eigenvalue weighted by molar-refractivity contribution is 5.99. The summed E-state index contributed by atoms with van der Waals surface area (Å²) in [5, 5.41) is 25.2. The lowest BCUT2D eigenvalue weighted by Crippen LogP contribution is -2.38. The van der Waals surface area contributed by atoms with E-state index in [1.807, 2.05) is 86.2 Å². The number of H-pyrrole nitrogens is 1. The Kier molecular flexibility index (Phi) is 7.32. The first kappa shape index (κ1) is 27.0. The summed E-state index contributed by atoms with van der Waals surface area (Å²) in [5.41, 5.74) is 13.4. The minimum Gasteiger partial charge on any atom is -0.465 e. The van der Waals surface area contributed by atoms with Crippen molar-refractivity contribution in [3.63, 3.8) is 0 Å². The Morgan fingerprint density at radius 1 is 1.05 bits per heavy atom. The molecule has 0 aliphatic rings. The molecule has 0 saturated heterocycles. The maximum absolute atomic E-state index is 11.9. The third-order valence-electron chi connectivity index (χ3n) is 6.72. The molecular formula is C31H34N6O3. The number of nitrogens with one attached hydrogen (secondary N) is 1. The number of benzene rings is 2. The molecule has 9 nitrogen and oxygen atoms in total. The first-order valence-corrected chi connectivity index (χ1v) is 13.2. The van der Waals surface area contributed by atoms with Gasteiger partial charge in [0.15, 0.2) is 0 Å². The highest BCUT2D eigenvalue weighted by atomic mass is 16.4. The van der Waals surface area contributed by atoms with Crippen LogP contribution in [0.5, 0.6) is 0 Å². The zero-order valence-electron chi connectivity index (χ0n) is 22.9. The Morgan fingerprint density at radius 3 is 2.52 bits per heavy atom. The van der Waals surface area contributed by atoms with E-state index in [4.69, 9.17) is 10.8 Å². The van der Waals surface area contributed by atoms with Crippen molar-refractivity contribution in [2.75, 3.05) is 18.8 Å². The van der Waals surface area contributed by atoms with Gasteiger partial charge in [0, 0.05) is 53.4 Å². The summed E-state index contributed by atoms with van der Waals surface area (Å²) < 4.78 is 1.81. The minimum absolute atomic E-state index is 0.0310. The number of anilines is 1. The molecule has 0 aliphatic carbocycles. The topological polar surface area (TPSA) is 133 Å². The van der Waals surface area contributed by atoms with E-state index >= 15 is 0 Å². The van der Waals surface area contributed by atoms with E-state index in [2.05, 4.69) is 16.0 Å². The summed E-state index contributed by atoms with van der Waals surface area (Å²) in [7, 11) is 0. The van der Waals surface area contributed by atoms with Gasteiger partial charge in [-0.25, -0.2) is 9.78 Å². The van der Waals surface area contributed by atoms with E-state index in [1.165, 1.54) is 4.90 Å². The minimum atomic E-state index is -0.943. The van der Waals surface area contributed by atoms with E-state index in [9.17, 15) is 15.0 Å². The summed E-state index contributed by atoms with van der Waals surface area (Å²) in [6.07, 6.45) is 2.79. The molecule has 3 heterocycles. The van der Waals surface area contributed by atoms with Gasteiger partial charge in [-0.1, -0.05) is 51.1 Å². The van der Waals surface area contributed by atoms with Crippen LogP contribution >= 0.6 is 0 Å². The number of aliphatic hydroxyl groups excluding tert-OH is 1. The Bertz CT molecular complexity index is 1650. The lowest BCUT2D eigenvalue weighted by Gasteiger charge is -2.27. The van der Waals surface area contributed by atoms with Crippen molar-refractivity contribution in [2.24, 2.45) is 5.41 Å². The molecule has 0 spiro atoms. The summed E-state index contributed by atoms with van der Waals surface area (Å²) >= 11 is 0. The fraction of sp³-hybridized carbons (Fsp3) is 0.258. The molecule has 0 aliphatic heterocycles. The quantitative estimate of drug-likeness (QED) is 0.183. The van der Waals surface area contributed by atoms with Crippen LogP contribution in [-0.2, 0) is 13.2 Å². The van der Waals surface area contributed by atoms with Gasteiger partial charge in [0.1, 0.15) is 11.3 Å². The van der Waals surface area contributed by atoms with Gasteiger partial charge in [-0.3, -0.25) is 4.68 Å². The molecule has 5 aromatic rings. The third kappa shape index (κ3) is 5.84. The number of carbonyl (C=O) groups is 1. The molecule has 3 aromatic heterocycles. The first-order chi connectivity index (χ1) is 19.1. The van der Waals surface area contributed by atoms with Crippen LogP contribution in [0.3, 0.4) is 0 Å². The molecule has 2 aromatic carbocycles. The molecule has 0 fully saturated rings. The number of nitrogen functional groups attached to an aromatic ring is 1. The van der Waals surface area contributed by atoms with Gasteiger partial charge in [-0.2, -0.15) is 5.10 Å². The predicted octanol–water partition coefficient (Wildman–Crippen LogP) is 5.86. The van der Waals surface area contributed by atoms with Gasteiger partial charge < -0.3 is 25.8 Å². The average Bonchev–Trinajstić information content (AvgIpc) is 3.55. The third-order valence-corrected chi connectivity index (χ3v) is 6.72. The number of amides is 1. The van der Waals surface area contributed by atoms with Crippen molar-refractivity contribution in [3.8, 4) is 33.6 Å². The van der Waals surface area contributed by atoms with Crippen molar-refractivity contribution < 1.29 is 15.0 Å². The highest BCUT2D eigenvalue weighted by Gasteiger charge is 2.22. The second-order valence-corrected chi connectivity index (χ2v) is 11.2. The summed E-state index contributed by atoms with van der Waals surface area (Å²) in [5.74, 6) is 0. The summed E-state index contributed by atoms with van der Waals surface area (Å²) in [6, 6.07) is 19.4. The van der Waals surface area contributed by atoms with E-state index in [-0.39, 0.29) is 12.0 Å². The lowest BCUT2D eigenvalue weighted by molar-refractivity contribution is 0.123. The molecule has 40 heavy (non-hydrogen) atoms. The largest absolute Gasteiger partial charge is 0.465 e. The fourth-order valence-electron chi connectivity index (χ4n) is 4.88. The van der Waals surface area contributed by atoms with Crippen molar-refractivity contribution in [1.82, 2.24) is 24.6 Å². The van der Waals surface area contributed by atoms with Crippen LogP contribution in [0.2, 0.25) is 0 Å². The zero-order valence-corrected chi connectivity index (χ0v) is 22.9. The number of nitrogens with two attached hydrogens (primary N) is 1. The number of nitrogens with zero attached hydrogens (tertiary/aromatic N) is 4. The molecule has 0 saturated carbocycles. The van der Waals surface area contributed by atoms with E-state index < -0.39 is 6.09 Å². The second kappa shape index (κ2) is 10.9. The monoisotopic (exact) mass is 538 g/mol. The molecule has 0 radical (unpaired) electrons. The van der Waals surface area contributed by atoms with Gasteiger partial charge in [0.05, 0.1) is 13.2 Å². The van der Waals surface area contributed by atoms with Crippen molar-refractivity contribution in [1.29, 1.82) is 0 Å². The standard InChI is InChI=1S/C31H34N6O3/c1-31(2,3)19-36(30(39)40)13-14-37-17-26(28(35-37)21-7-9-23(32)10-8-21)24-11-12-33-29-25(24)16-27(34-29)22-6-4-5-20(15-22)18-38/h4-12,15-17,38H,13-14,18-19,32H2,1-3H3,(H,33,34)(H,39,40). The molecule has 5 N–H and O–H groups in total. The number of aromatic amines is 1. The van der Waals surface area contributed by atoms with E-state index in [0.717, 1.165) is 50.2 Å². The Balaban J connectivity index is 1.57. The first-order valence-electron chi connectivity index (χ1n) is 13.2. The van der Waals surface area contributed by atoms with Crippen LogP contribution in [0.15, 0.2) is 73.1 Å². The molecule has 1 amide bonds. The van der Waals surface area contributed by atoms with Crippen LogP contribution in [-0.4, -0.2) is 54.0 Å². The maximum Gasteiger partial charge on any atom is 0.407 e. The van der Waals surface area contributed by atoms with Crippen molar-refractivity contribution >= 4 is 22.8 Å². The SMILES string of the molecule is CC(C)(C)CN(CCn1cc(-c2ccnc3[nH]c(-c4cccc(CO)c4)cc23)c(-c2ccc(N)cc2)n1)C(=O)O. The summed E-state index contributed by atoms with van der Waals surface area (Å²) in [6.45, 7) is 7.18. The molecule has 206 valence electrons. The van der Waals surface area contributed by atoms with Crippen LogP contribution < -0.4 is 5.73 Å². The van der Waals surface area contributed by atoms with Gasteiger partial charge in [0.2, 0.25) is 0 Å². The van der Waals surface area contributed by atoms with Crippen LogP contribution in [0.1, 0.15) is 26.3 Å². The summed E-state index contributed by atoms with van der Waals surface area (Å²) in [4.78, 5) is 21.3. The van der Waals surface area contributed by atoms with Crippen molar-refractivity contribution in [3.05, 3.63) is 78.6 Å². The van der Waals surface area contributed by atoms with Gasteiger partial charge in [-0.15, -0.1) is 0 Å². The average molecular weight is 539 g/mol. The molecule has 5 rings (SSSR count). The van der Waals surface area contributed by atoms with Gasteiger partial charge >= 0.3 is 6.09 Å². The van der Waals surface area contributed by atoms with Gasteiger partial charge in [-0.05, 0) is 52.4 Å². The van der Waals surface area contributed by atoms with Crippen LogP contribution in [0.25, 0.3) is 44.7 Å². The van der Waals surface area contributed by atoms with Gasteiger partial charge in [0.25, 0.3) is 0 Å². The molecule has 0 atom stereocenters. The molecular weight excluding hydrogens is 504 g/mol. The second-order valence-electron chi connectivity index (χ2n) is 11.2. The smallest absolute Gasteiger partial charge is 0.407 e. The number of hydrogen-bond acceptors (Lipinski definition) is 5.